The van der Waals surface area contributed by atoms with Gasteiger partial charge >= 0.3 is 12.3 Å². The smallest absolute Gasteiger partial charge is 0.397 e. The number of amides is 2. The Kier molecular flexibility index (Phi) is 3.26. The molecule has 1 rings (SSSR count). The number of aryl methyl sites for hydroxylation is 1. The molecule has 0 saturated carbocycles. The lowest BCUT2D eigenvalue weighted by molar-refractivity contribution is -0.144. The molecule has 0 bridgehead atoms. The van der Waals surface area contributed by atoms with Crippen molar-refractivity contribution in [1.82, 2.24) is 5.32 Å². The number of urea groups is 1. The van der Waals surface area contributed by atoms with Gasteiger partial charge in [0.05, 0.1) is 11.4 Å². The van der Waals surface area contributed by atoms with E-state index in [0.29, 0.717) is 0 Å². The van der Waals surface area contributed by atoms with Crippen LogP contribution in [0.5, 0.6) is 0 Å². The zero-order valence-corrected chi connectivity index (χ0v) is 8.35. The van der Waals surface area contributed by atoms with Crippen LogP contribution in [-0.2, 0) is 0 Å². The van der Waals surface area contributed by atoms with Gasteiger partial charge in [-0.3, -0.25) is 0 Å². The first-order chi connectivity index (χ1) is 7.28. The van der Waals surface area contributed by atoms with Crippen molar-refractivity contribution in [3.8, 4) is 0 Å². The van der Waals surface area contributed by atoms with Crippen molar-refractivity contribution in [2.24, 2.45) is 0 Å². The van der Waals surface area contributed by atoms with E-state index in [4.69, 9.17) is 5.73 Å². The summed E-state index contributed by atoms with van der Waals surface area (Å²) in [5, 5.41) is 2.82. The number of carbonyl (C=O) groups is 1. The molecule has 0 atom stereocenters. The van der Waals surface area contributed by atoms with Gasteiger partial charge in [-0.1, -0.05) is 6.07 Å². The molecule has 4 nitrogen and oxygen atoms in total. The van der Waals surface area contributed by atoms with Gasteiger partial charge in [-0.25, -0.2) is 10.1 Å². The predicted octanol–water partition coefficient (Wildman–Crippen LogP) is 2.22. The Hall–Kier alpha value is -1.92. The zero-order chi connectivity index (χ0) is 12.3. The molecule has 0 aliphatic rings. The first-order valence-electron chi connectivity index (χ1n) is 4.30. The number of hydrogen-bond acceptors (Lipinski definition) is 2. The van der Waals surface area contributed by atoms with Crippen LogP contribution in [0.3, 0.4) is 0 Å². The second kappa shape index (κ2) is 4.30. The zero-order valence-electron chi connectivity index (χ0n) is 8.35. The molecule has 0 spiro atoms. The minimum absolute atomic E-state index is 0.141. The molecule has 7 heteroatoms. The molecule has 0 radical (unpaired) electrons. The van der Waals surface area contributed by atoms with Crippen LogP contribution < -0.4 is 16.4 Å². The molecule has 0 aliphatic carbocycles. The number of halogens is 3. The Morgan fingerprint density at radius 2 is 2.00 bits per heavy atom. The monoisotopic (exact) mass is 233 g/mol. The minimum atomic E-state index is -4.76. The molecule has 2 amide bonds. The highest BCUT2D eigenvalue weighted by molar-refractivity contribution is 5.92. The molecular weight excluding hydrogens is 223 g/mol. The third-order valence-electron chi connectivity index (χ3n) is 1.71. The van der Waals surface area contributed by atoms with E-state index in [0.717, 1.165) is 10.9 Å². The van der Waals surface area contributed by atoms with Crippen LogP contribution in [0, 0.1) is 6.92 Å². The fourth-order valence-corrected chi connectivity index (χ4v) is 1.06. The molecule has 4 N–H and O–H groups in total. The first kappa shape index (κ1) is 12.2. The Balaban J connectivity index is 2.73. The van der Waals surface area contributed by atoms with Crippen LogP contribution in [0.25, 0.3) is 0 Å². The van der Waals surface area contributed by atoms with Gasteiger partial charge < -0.3 is 11.1 Å². The van der Waals surface area contributed by atoms with Gasteiger partial charge in [0.1, 0.15) is 0 Å². The van der Waals surface area contributed by atoms with E-state index >= 15 is 0 Å². The SMILES string of the molecule is Cc1ccc(N)c(NC(=O)NC(F)(F)F)c1. The Bertz CT molecular complexity index is 403. The second-order valence-corrected chi connectivity index (χ2v) is 3.17. The van der Waals surface area contributed by atoms with Crippen molar-refractivity contribution < 1.29 is 18.0 Å². The summed E-state index contributed by atoms with van der Waals surface area (Å²) < 4.78 is 35.4. The summed E-state index contributed by atoms with van der Waals surface area (Å²) in [5.74, 6) is 0. The summed E-state index contributed by atoms with van der Waals surface area (Å²) >= 11 is 0. The van der Waals surface area contributed by atoms with Crippen LogP contribution in [0.2, 0.25) is 0 Å². The largest absolute Gasteiger partial charge is 0.485 e. The lowest BCUT2D eigenvalue weighted by atomic mass is 10.2. The van der Waals surface area contributed by atoms with Gasteiger partial charge in [0.2, 0.25) is 0 Å². The van der Waals surface area contributed by atoms with Crippen LogP contribution in [0.4, 0.5) is 29.3 Å². The summed E-state index contributed by atoms with van der Waals surface area (Å²) in [7, 11) is 0. The van der Waals surface area contributed by atoms with Crippen LogP contribution in [0.1, 0.15) is 5.56 Å². The highest BCUT2D eigenvalue weighted by Gasteiger charge is 2.30. The van der Waals surface area contributed by atoms with Crippen LogP contribution in [-0.4, -0.2) is 12.3 Å². The minimum Gasteiger partial charge on any atom is -0.397 e. The summed E-state index contributed by atoms with van der Waals surface area (Å²) in [6.45, 7) is 1.73. The number of anilines is 2. The Morgan fingerprint density at radius 3 is 2.56 bits per heavy atom. The van der Waals surface area contributed by atoms with Gasteiger partial charge in [0.15, 0.2) is 0 Å². The number of alkyl halides is 3. The maximum absolute atomic E-state index is 11.8. The van der Waals surface area contributed by atoms with Gasteiger partial charge in [-0.15, -0.1) is 0 Å². The highest BCUT2D eigenvalue weighted by atomic mass is 19.4. The normalized spacial score (nSPS) is 11.0. The summed E-state index contributed by atoms with van der Waals surface area (Å²) in [6, 6.07) is 3.29. The third kappa shape index (κ3) is 3.68. The molecule has 0 heterocycles. The molecule has 16 heavy (non-hydrogen) atoms. The maximum Gasteiger partial charge on any atom is 0.485 e. The molecule has 1 aromatic rings. The van der Waals surface area contributed by atoms with Crippen molar-refractivity contribution in [3.63, 3.8) is 0 Å². The quantitative estimate of drug-likeness (QED) is 0.514. The van der Waals surface area contributed by atoms with Crippen molar-refractivity contribution >= 4 is 17.4 Å². The third-order valence-corrected chi connectivity index (χ3v) is 1.71. The van der Waals surface area contributed by atoms with E-state index < -0.39 is 12.3 Å². The standard InChI is InChI=1S/C9H10F3N3O/c1-5-2-3-6(13)7(4-5)14-8(16)15-9(10,11)12/h2-4H,13H2,1H3,(H2,14,15,16). The topological polar surface area (TPSA) is 67.1 Å². The maximum atomic E-state index is 11.8. The summed E-state index contributed by atoms with van der Waals surface area (Å²) in [4.78, 5) is 10.9. The number of nitrogens with two attached hydrogens (primary N) is 1. The molecule has 0 fully saturated rings. The number of hydrogen-bond donors (Lipinski definition) is 3. The van der Waals surface area contributed by atoms with E-state index in [1.54, 1.807) is 13.0 Å². The highest BCUT2D eigenvalue weighted by Crippen LogP contribution is 2.19. The Morgan fingerprint density at radius 1 is 1.38 bits per heavy atom. The number of nitrogens with one attached hydrogen (secondary N) is 2. The molecular formula is C9H10F3N3O. The van der Waals surface area contributed by atoms with Gasteiger partial charge in [-0.05, 0) is 24.6 Å². The van der Waals surface area contributed by atoms with Crippen molar-refractivity contribution in [3.05, 3.63) is 23.8 Å². The average Bonchev–Trinajstić information content (AvgIpc) is 2.08. The summed E-state index contributed by atoms with van der Waals surface area (Å²) in [5.41, 5.74) is 6.59. The second-order valence-electron chi connectivity index (χ2n) is 3.17. The molecule has 0 saturated heterocycles. The van der Waals surface area contributed by atoms with Gasteiger partial charge in [0, 0.05) is 0 Å². The van der Waals surface area contributed by atoms with E-state index in [2.05, 4.69) is 0 Å². The van der Waals surface area contributed by atoms with E-state index in [-0.39, 0.29) is 11.4 Å². The van der Waals surface area contributed by atoms with Crippen LogP contribution >= 0.6 is 0 Å². The number of carbonyl (C=O) groups excluding carboxylic acids is 1. The van der Waals surface area contributed by atoms with Crippen LogP contribution in [0.15, 0.2) is 18.2 Å². The molecule has 0 aliphatic heterocycles. The Labute approximate surface area is 89.6 Å². The molecule has 0 aromatic heterocycles. The predicted molar refractivity (Wildman–Crippen MR) is 53.8 cm³/mol. The number of benzene rings is 1. The fourth-order valence-electron chi connectivity index (χ4n) is 1.06. The molecule has 1 aromatic carbocycles. The lowest BCUT2D eigenvalue weighted by Gasteiger charge is -2.11. The van der Waals surface area contributed by atoms with Gasteiger partial charge in [0.25, 0.3) is 0 Å². The number of nitrogen functional groups attached to an aromatic ring is 1. The van der Waals surface area contributed by atoms with Crippen molar-refractivity contribution in [2.45, 2.75) is 13.2 Å². The first-order valence-corrected chi connectivity index (χ1v) is 4.30. The average molecular weight is 233 g/mol. The summed E-state index contributed by atoms with van der Waals surface area (Å²) in [6.07, 6.45) is -4.76. The van der Waals surface area contributed by atoms with Gasteiger partial charge in [-0.2, -0.15) is 13.2 Å². The van der Waals surface area contributed by atoms with E-state index in [1.165, 1.54) is 12.1 Å². The van der Waals surface area contributed by atoms with E-state index in [9.17, 15) is 18.0 Å². The van der Waals surface area contributed by atoms with Crippen molar-refractivity contribution in [1.29, 1.82) is 0 Å². The molecule has 88 valence electrons. The molecule has 0 unspecified atom stereocenters. The van der Waals surface area contributed by atoms with Crippen molar-refractivity contribution in [2.75, 3.05) is 11.1 Å². The number of rotatable bonds is 1. The lowest BCUT2D eigenvalue weighted by Crippen LogP contribution is -2.40. The van der Waals surface area contributed by atoms with E-state index in [1.807, 2.05) is 5.32 Å². The fraction of sp³-hybridized carbons (Fsp3) is 0.222.